The number of rotatable bonds is 9. The Morgan fingerprint density at radius 2 is 1.96 bits per heavy atom. The molecule has 4 heteroatoms. The number of benzene rings is 1. The highest BCUT2D eigenvalue weighted by molar-refractivity contribution is 5.28. The SMILES string of the molecule is CC(C)c1ccc(OCCOC[C@@H](O)CN2CCC[C@@H](C)C2)cc1. The number of nitrogens with zero attached hydrogens (tertiary/aromatic N) is 1. The third-order valence-electron chi connectivity index (χ3n) is 4.56. The van der Waals surface area contributed by atoms with Gasteiger partial charge in [-0.25, -0.2) is 0 Å². The Hall–Kier alpha value is -1.10. The van der Waals surface area contributed by atoms with E-state index < -0.39 is 6.10 Å². The average Bonchev–Trinajstić information content (AvgIpc) is 2.55. The molecule has 1 saturated heterocycles. The van der Waals surface area contributed by atoms with Crippen molar-refractivity contribution in [2.24, 2.45) is 5.92 Å². The van der Waals surface area contributed by atoms with Crippen LogP contribution in [0.25, 0.3) is 0 Å². The minimum Gasteiger partial charge on any atom is -0.491 e. The standard InChI is InChI=1S/C20H33NO3/c1-16(2)18-6-8-20(9-7-18)24-12-11-23-15-19(22)14-21-10-4-5-17(3)13-21/h6-9,16-17,19,22H,4-5,10-15H2,1-3H3/t17-,19+/m1/s1. The van der Waals surface area contributed by atoms with Gasteiger partial charge in [0, 0.05) is 13.1 Å². The maximum atomic E-state index is 10.1. The van der Waals surface area contributed by atoms with Gasteiger partial charge in [-0.2, -0.15) is 0 Å². The summed E-state index contributed by atoms with van der Waals surface area (Å²) < 4.78 is 11.2. The Morgan fingerprint density at radius 3 is 2.62 bits per heavy atom. The van der Waals surface area contributed by atoms with Gasteiger partial charge >= 0.3 is 0 Å². The summed E-state index contributed by atoms with van der Waals surface area (Å²) in [6, 6.07) is 8.21. The molecule has 1 aliphatic rings. The average molecular weight is 335 g/mol. The predicted molar refractivity (Wildman–Crippen MR) is 97.7 cm³/mol. The molecule has 0 unspecified atom stereocenters. The van der Waals surface area contributed by atoms with Gasteiger partial charge in [-0.05, 0) is 48.9 Å². The van der Waals surface area contributed by atoms with Crippen molar-refractivity contribution in [3.05, 3.63) is 29.8 Å². The molecule has 2 atom stereocenters. The number of aliphatic hydroxyl groups excluding tert-OH is 1. The summed E-state index contributed by atoms with van der Waals surface area (Å²) in [5.74, 6) is 2.14. The van der Waals surface area contributed by atoms with Crippen molar-refractivity contribution in [1.29, 1.82) is 0 Å². The first-order chi connectivity index (χ1) is 11.5. The normalized spacial score (nSPS) is 20.3. The summed E-state index contributed by atoms with van der Waals surface area (Å²) in [4.78, 5) is 2.34. The van der Waals surface area contributed by atoms with Crippen molar-refractivity contribution in [1.82, 2.24) is 4.90 Å². The third-order valence-corrected chi connectivity index (χ3v) is 4.56. The number of aliphatic hydroxyl groups is 1. The number of ether oxygens (including phenoxy) is 2. The van der Waals surface area contributed by atoms with Crippen LogP contribution in [0.3, 0.4) is 0 Å². The van der Waals surface area contributed by atoms with Crippen LogP contribution in [0.4, 0.5) is 0 Å². The van der Waals surface area contributed by atoms with Gasteiger partial charge in [-0.3, -0.25) is 0 Å². The summed E-state index contributed by atoms with van der Waals surface area (Å²) in [7, 11) is 0. The van der Waals surface area contributed by atoms with Crippen molar-refractivity contribution in [2.45, 2.75) is 45.6 Å². The van der Waals surface area contributed by atoms with Crippen molar-refractivity contribution >= 4 is 0 Å². The van der Waals surface area contributed by atoms with Gasteiger partial charge in [0.05, 0.1) is 19.3 Å². The molecule has 0 bridgehead atoms. The molecule has 0 amide bonds. The largest absolute Gasteiger partial charge is 0.491 e. The Labute approximate surface area is 146 Å². The fourth-order valence-electron chi connectivity index (χ4n) is 3.19. The highest BCUT2D eigenvalue weighted by Gasteiger charge is 2.18. The molecule has 136 valence electrons. The Balaban J connectivity index is 1.55. The zero-order valence-electron chi connectivity index (χ0n) is 15.4. The van der Waals surface area contributed by atoms with E-state index in [4.69, 9.17) is 9.47 Å². The molecule has 0 radical (unpaired) electrons. The molecular formula is C20H33NO3. The molecule has 1 fully saturated rings. The second kappa shape index (κ2) is 10.0. The molecule has 1 N–H and O–H groups in total. The summed E-state index contributed by atoms with van der Waals surface area (Å²) in [5.41, 5.74) is 1.31. The quantitative estimate of drug-likeness (QED) is 0.703. The number of hydrogen-bond acceptors (Lipinski definition) is 4. The summed E-state index contributed by atoms with van der Waals surface area (Å²) in [5, 5.41) is 10.1. The Morgan fingerprint density at radius 1 is 1.21 bits per heavy atom. The van der Waals surface area contributed by atoms with Crippen LogP contribution in [0, 0.1) is 5.92 Å². The molecule has 0 aromatic heterocycles. The third kappa shape index (κ3) is 6.80. The van der Waals surface area contributed by atoms with Gasteiger partial charge in [0.2, 0.25) is 0 Å². The summed E-state index contributed by atoms with van der Waals surface area (Å²) >= 11 is 0. The van der Waals surface area contributed by atoms with E-state index in [9.17, 15) is 5.11 Å². The van der Waals surface area contributed by atoms with Crippen LogP contribution in [-0.2, 0) is 4.74 Å². The number of β-amino-alcohol motifs (C(OH)–C–C–N with tert-alkyl or cyclic N) is 1. The van der Waals surface area contributed by atoms with E-state index in [2.05, 4.69) is 37.8 Å². The van der Waals surface area contributed by atoms with Crippen LogP contribution in [0.1, 0.15) is 45.1 Å². The van der Waals surface area contributed by atoms with E-state index >= 15 is 0 Å². The monoisotopic (exact) mass is 335 g/mol. The van der Waals surface area contributed by atoms with Gasteiger partial charge in [0.15, 0.2) is 0 Å². The Bertz CT molecular complexity index is 460. The summed E-state index contributed by atoms with van der Waals surface area (Å²) in [6.07, 6.45) is 2.12. The smallest absolute Gasteiger partial charge is 0.119 e. The van der Waals surface area contributed by atoms with Crippen LogP contribution in [-0.4, -0.2) is 55.6 Å². The molecular weight excluding hydrogens is 302 g/mol. The highest BCUT2D eigenvalue weighted by Crippen LogP contribution is 2.18. The minimum absolute atomic E-state index is 0.376. The van der Waals surface area contributed by atoms with E-state index in [1.165, 1.54) is 18.4 Å². The lowest BCUT2D eigenvalue weighted by atomic mass is 10.0. The number of hydrogen-bond donors (Lipinski definition) is 1. The second-order valence-corrected chi connectivity index (χ2v) is 7.31. The second-order valence-electron chi connectivity index (χ2n) is 7.31. The van der Waals surface area contributed by atoms with Gasteiger partial charge in [0.25, 0.3) is 0 Å². The number of piperidine rings is 1. The van der Waals surface area contributed by atoms with Crippen LogP contribution >= 0.6 is 0 Å². The van der Waals surface area contributed by atoms with E-state index in [1.54, 1.807) is 0 Å². The fourth-order valence-corrected chi connectivity index (χ4v) is 3.19. The van der Waals surface area contributed by atoms with Gasteiger partial charge in [-0.1, -0.05) is 32.9 Å². The molecule has 1 aromatic rings. The van der Waals surface area contributed by atoms with Crippen LogP contribution in [0.5, 0.6) is 5.75 Å². The van der Waals surface area contributed by atoms with E-state index in [0.717, 1.165) is 24.8 Å². The lowest BCUT2D eigenvalue weighted by Crippen LogP contribution is -2.40. The van der Waals surface area contributed by atoms with Gasteiger partial charge < -0.3 is 19.5 Å². The zero-order valence-corrected chi connectivity index (χ0v) is 15.4. The Kier molecular flexibility index (Phi) is 8.03. The topological polar surface area (TPSA) is 41.9 Å². The maximum absolute atomic E-state index is 10.1. The first-order valence-electron chi connectivity index (χ1n) is 9.25. The van der Waals surface area contributed by atoms with Crippen molar-refractivity contribution in [3.63, 3.8) is 0 Å². The molecule has 0 aliphatic carbocycles. The molecule has 24 heavy (non-hydrogen) atoms. The van der Waals surface area contributed by atoms with E-state index in [-0.39, 0.29) is 0 Å². The lowest BCUT2D eigenvalue weighted by molar-refractivity contribution is 0.00223. The molecule has 1 aliphatic heterocycles. The van der Waals surface area contributed by atoms with Crippen molar-refractivity contribution < 1.29 is 14.6 Å². The molecule has 0 saturated carbocycles. The summed E-state index contributed by atoms with van der Waals surface area (Å²) in [6.45, 7) is 10.9. The van der Waals surface area contributed by atoms with Gasteiger partial charge in [-0.15, -0.1) is 0 Å². The molecule has 1 heterocycles. The first kappa shape index (κ1) is 19.2. The zero-order chi connectivity index (χ0) is 17.4. The van der Waals surface area contributed by atoms with Gasteiger partial charge in [0.1, 0.15) is 12.4 Å². The minimum atomic E-state index is -0.416. The maximum Gasteiger partial charge on any atom is 0.119 e. The van der Waals surface area contributed by atoms with Crippen LogP contribution in [0.15, 0.2) is 24.3 Å². The molecule has 1 aromatic carbocycles. The van der Waals surface area contributed by atoms with Crippen molar-refractivity contribution in [3.8, 4) is 5.75 Å². The van der Waals surface area contributed by atoms with Crippen molar-refractivity contribution in [2.75, 3.05) is 39.5 Å². The fraction of sp³-hybridized carbons (Fsp3) is 0.700. The highest BCUT2D eigenvalue weighted by atomic mass is 16.5. The van der Waals surface area contributed by atoms with E-state index in [1.807, 2.05) is 12.1 Å². The van der Waals surface area contributed by atoms with Crippen LogP contribution in [0.2, 0.25) is 0 Å². The van der Waals surface area contributed by atoms with Crippen LogP contribution < -0.4 is 4.74 Å². The van der Waals surface area contributed by atoms with E-state index in [0.29, 0.717) is 32.3 Å². The molecule has 4 nitrogen and oxygen atoms in total. The molecule has 0 spiro atoms. The predicted octanol–water partition coefficient (Wildman–Crippen LogP) is 3.30. The molecule has 2 rings (SSSR count). The number of likely N-dealkylation sites (tertiary alicyclic amines) is 1. The lowest BCUT2D eigenvalue weighted by Gasteiger charge is -2.32. The first-order valence-corrected chi connectivity index (χ1v) is 9.25.